The van der Waals surface area contributed by atoms with Gasteiger partial charge in [0, 0.05) is 37.6 Å². The van der Waals surface area contributed by atoms with Crippen LogP contribution in [0.4, 0.5) is 11.6 Å². The van der Waals surface area contributed by atoms with Crippen LogP contribution >= 0.6 is 0 Å². The molecule has 2 aromatic heterocycles. The van der Waals surface area contributed by atoms with Crippen molar-refractivity contribution in [1.29, 1.82) is 0 Å². The van der Waals surface area contributed by atoms with Gasteiger partial charge >= 0.3 is 0 Å². The number of aryl methyl sites for hydroxylation is 1. The highest BCUT2D eigenvalue weighted by Crippen LogP contribution is 2.21. The fourth-order valence-corrected chi connectivity index (χ4v) is 2.69. The van der Waals surface area contributed by atoms with Crippen molar-refractivity contribution in [2.75, 3.05) is 23.3 Å². The Morgan fingerprint density at radius 1 is 1.18 bits per heavy atom. The first kappa shape index (κ1) is 14.8. The van der Waals surface area contributed by atoms with Crippen molar-refractivity contribution in [3.05, 3.63) is 42.0 Å². The molecule has 0 atom stereocenters. The van der Waals surface area contributed by atoms with Gasteiger partial charge in [0.2, 0.25) is 0 Å². The minimum Gasteiger partial charge on any atom is -0.366 e. The van der Waals surface area contributed by atoms with Gasteiger partial charge in [0.25, 0.3) is 0 Å². The molecule has 0 unspecified atom stereocenters. The van der Waals surface area contributed by atoms with E-state index >= 15 is 0 Å². The lowest BCUT2D eigenvalue weighted by atomic mass is 9.99. The summed E-state index contributed by atoms with van der Waals surface area (Å²) in [5.41, 5.74) is 2.12. The Hall–Kier alpha value is -2.17. The summed E-state index contributed by atoms with van der Waals surface area (Å²) >= 11 is 0. The first-order chi connectivity index (χ1) is 10.7. The van der Waals surface area contributed by atoms with Crippen molar-refractivity contribution < 1.29 is 0 Å². The van der Waals surface area contributed by atoms with Crippen molar-refractivity contribution >= 4 is 11.6 Å². The van der Waals surface area contributed by atoms with Crippen molar-refractivity contribution in [2.45, 2.75) is 33.2 Å². The zero-order valence-corrected chi connectivity index (χ0v) is 13.3. The number of nitrogens with one attached hydrogen (secondary N) is 1. The first-order valence-electron chi connectivity index (χ1n) is 7.93. The maximum absolute atomic E-state index is 4.61. The maximum atomic E-state index is 4.61. The maximum Gasteiger partial charge on any atom is 0.129 e. The minimum absolute atomic E-state index is 0.723. The van der Waals surface area contributed by atoms with Crippen LogP contribution in [0.25, 0.3) is 0 Å². The topological polar surface area (TPSA) is 53.9 Å². The molecule has 0 bridgehead atoms. The highest BCUT2D eigenvalue weighted by atomic mass is 15.2. The van der Waals surface area contributed by atoms with E-state index in [0.29, 0.717) is 0 Å². The second-order valence-electron chi connectivity index (χ2n) is 6.09. The summed E-state index contributed by atoms with van der Waals surface area (Å²) in [6, 6.07) is 6.20. The molecule has 2 aromatic rings. The number of piperidine rings is 1. The third kappa shape index (κ3) is 3.72. The summed E-state index contributed by atoms with van der Waals surface area (Å²) in [5.74, 6) is 2.78. The molecule has 0 radical (unpaired) electrons. The summed E-state index contributed by atoms with van der Waals surface area (Å²) in [6.07, 6.45) is 6.06. The van der Waals surface area contributed by atoms with Crippen molar-refractivity contribution in [3.8, 4) is 0 Å². The molecule has 0 spiro atoms. The van der Waals surface area contributed by atoms with Crippen LogP contribution in [0.1, 0.15) is 31.0 Å². The lowest BCUT2D eigenvalue weighted by Crippen LogP contribution is -2.33. The third-order valence-corrected chi connectivity index (χ3v) is 4.19. The number of rotatable bonds is 4. The molecule has 0 amide bonds. The Morgan fingerprint density at radius 2 is 2.00 bits per heavy atom. The summed E-state index contributed by atoms with van der Waals surface area (Å²) in [5, 5.41) is 3.30. The van der Waals surface area contributed by atoms with Gasteiger partial charge in [-0.05, 0) is 37.3 Å². The van der Waals surface area contributed by atoms with E-state index in [2.05, 4.69) is 44.2 Å². The van der Waals surface area contributed by atoms with Crippen LogP contribution in [0.5, 0.6) is 0 Å². The van der Waals surface area contributed by atoms with E-state index in [1.807, 2.05) is 19.2 Å². The van der Waals surface area contributed by atoms with Gasteiger partial charge in [0.05, 0.1) is 0 Å². The molecule has 1 fully saturated rings. The van der Waals surface area contributed by atoms with E-state index in [1.165, 1.54) is 12.8 Å². The number of hydrogen-bond donors (Lipinski definition) is 1. The Kier molecular flexibility index (Phi) is 4.51. The molecule has 1 saturated heterocycles. The lowest BCUT2D eigenvalue weighted by Gasteiger charge is -2.31. The van der Waals surface area contributed by atoms with E-state index in [-0.39, 0.29) is 0 Å². The highest BCUT2D eigenvalue weighted by molar-refractivity contribution is 5.41. The van der Waals surface area contributed by atoms with E-state index < -0.39 is 0 Å². The van der Waals surface area contributed by atoms with E-state index in [0.717, 1.165) is 48.4 Å². The van der Waals surface area contributed by atoms with Crippen LogP contribution in [0.15, 0.2) is 30.7 Å². The average Bonchev–Trinajstić information content (AvgIpc) is 2.54. The SMILES string of the molecule is Cc1cc(NCc2ccc(N3CCC(C)CC3)nc2)ncn1. The zero-order valence-electron chi connectivity index (χ0n) is 13.3. The minimum atomic E-state index is 0.723. The molecule has 5 nitrogen and oxygen atoms in total. The number of pyridine rings is 1. The largest absolute Gasteiger partial charge is 0.366 e. The Bertz CT molecular complexity index is 603. The second kappa shape index (κ2) is 6.73. The van der Waals surface area contributed by atoms with Crippen LogP contribution < -0.4 is 10.2 Å². The third-order valence-electron chi connectivity index (χ3n) is 4.19. The smallest absolute Gasteiger partial charge is 0.129 e. The van der Waals surface area contributed by atoms with Crippen molar-refractivity contribution in [2.24, 2.45) is 5.92 Å². The monoisotopic (exact) mass is 297 g/mol. The van der Waals surface area contributed by atoms with Gasteiger partial charge < -0.3 is 10.2 Å². The van der Waals surface area contributed by atoms with E-state index in [1.54, 1.807) is 6.33 Å². The van der Waals surface area contributed by atoms with Crippen LogP contribution in [0.2, 0.25) is 0 Å². The van der Waals surface area contributed by atoms with Gasteiger partial charge in [-0.1, -0.05) is 13.0 Å². The number of aromatic nitrogens is 3. The molecule has 22 heavy (non-hydrogen) atoms. The fourth-order valence-electron chi connectivity index (χ4n) is 2.69. The molecule has 3 heterocycles. The molecule has 0 saturated carbocycles. The van der Waals surface area contributed by atoms with Crippen molar-refractivity contribution in [3.63, 3.8) is 0 Å². The van der Waals surface area contributed by atoms with Crippen molar-refractivity contribution in [1.82, 2.24) is 15.0 Å². The first-order valence-corrected chi connectivity index (χ1v) is 7.93. The molecule has 116 valence electrons. The van der Waals surface area contributed by atoms with Gasteiger partial charge in [-0.15, -0.1) is 0 Å². The van der Waals surface area contributed by atoms with Gasteiger partial charge in [-0.3, -0.25) is 0 Å². The molecule has 1 aliphatic heterocycles. The molecule has 0 aliphatic carbocycles. The van der Waals surface area contributed by atoms with Gasteiger partial charge in [-0.25, -0.2) is 15.0 Å². The van der Waals surface area contributed by atoms with Crippen LogP contribution in [-0.2, 0) is 6.54 Å². The van der Waals surface area contributed by atoms with E-state index in [4.69, 9.17) is 0 Å². The molecule has 3 rings (SSSR count). The second-order valence-corrected chi connectivity index (χ2v) is 6.09. The highest BCUT2D eigenvalue weighted by Gasteiger charge is 2.16. The Morgan fingerprint density at radius 3 is 2.68 bits per heavy atom. The predicted octanol–water partition coefficient (Wildman–Crippen LogP) is 3.03. The zero-order chi connectivity index (χ0) is 15.4. The summed E-state index contributed by atoms with van der Waals surface area (Å²) in [6.45, 7) is 7.25. The van der Waals surface area contributed by atoms with Crippen LogP contribution in [0.3, 0.4) is 0 Å². The number of nitrogens with zero attached hydrogens (tertiary/aromatic N) is 4. The summed E-state index contributed by atoms with van der Waals surface area (Å²) in [7, 11) is 0. The number of hydrogen-bond acceptors (Lipinski definition) is 5. The van der Waals surface area contributed by atoms with Crippen LogP contribution in [-0.4, -0.2) is 28.0 Å². The Labute approximate surface area is 131 Å². The number of anilines is 2. The normalized spacial score (nSPS) is 15.8. The Balaban J connectivity index is 1.57. The van der Waals surface area contributed by atoms with Gasteiger partial charge in [0.15, 0.2) is 0 Å². The van der Waals surface area contributed by atoms with Crippen LogP contribution in [0, 0.1) is 12.8 Å². The average molecular weight is 297 g/mol. The quantitative estimate of drug-likeness (QED) is 0.940. The standard InChI is InChI=1S/C17H23N5/c1-13-5-7-22(8-6-13)17-4-3-15(11-19-17)10-18-16-9-14(2)20-12-21-16/h3-4,9,11-13H,5-8,10H2,1-2H3,(H,18,20,21). The predicted molar refractivity (Wildman–Crippen MR) is 88.9 cm³/mol. The summed E-state index contributed by atoms with van der Waals surface area (Å²) < 4.78 is 0. The molecule has 1 aliphatic rings. The fraction of sp³-hybridized carbons (Fsp3) is 0.471. The summed E-state index contributed by atoms with van der Waals surface area (Å²) in [4.78, 5) is 15.3. The van der Waals surface area contributed by atoms with Gasteiger partial charge in [0.1, 0.15) is 18.0 Å². The molecule has 1 N–H and O–H groups in total. The molecule has 0 aromatic carbocycles. The molecular formula is C17H23N5. The van der Waals surface area contributed by atoms with Gasteiger partial charge in [-0.2, -0.15) is 0 Å². The molecule has 5 heteroatoms. The molecular weight excluding hydrogens is 274 g/mol. The lowest BCUT2D eigenvalue weighted by molar-refractivity contribution is 0.436. The van der Waals surface area contributed by atoms with E-state index in [9.17, 15) is 0 Å².